The number of methoxy groups -OCH3 is 1. The van der Waals surface area contributed by atoms with E-state index in [9.17, 15) is 0 Å². The molecule has 1 aliphatic heterocycles. The second-order valence-corrected chi connectivity index (χ2v) is 6.46. The molecule has 1 aliphatic rings. The van der Waals surface area contributed by atoms with Gasteiger partial charge in [-0.1, -0.05) is 19.0 Å². The van der Waals surface area contributed by atoms with E-state index in [1.54, 1.807) is 13.3 Å². The van der Waals surface area contributed by atoms with E-state index in [1.807, 2.05) is 12.1 Å². The van der Waals surface area contributed by atoms with Crippen LogP contribution in [0.25, 0.3) is 11.5 Å². The lowest BCUT2D eigenvalue weighted by Crippen LogP contribution is -2.39. The molecule has 0 aromatic carbocycles. The van der Waals surface area contributed by atoms with Gasteiger partial charge in [-0.2, -0.15) is 4.98 Å². The van der Waals surface area contributed by atoms with Gasteiger partial charge in [0.25, 0.3) is 5.89 Å². The maximum Gasteiger partial charge on any atom is 0.259 e. The zero-order valence-corrected chi connectivity index (χ0v) is 14.0. The summed E-state index contributed by atoms with van der Waals surface area (Å²) in [5.74, 6) is 2.76. The van der Waals surface area contributed by atoms with Crippen molar-refractivity contribution < 1.29 is 9.26 Å². The Hall–Kier alpha value is -1.95. The SMILES string of the molecule is CO[C@@H]1CCCN(c2ccc(-c3nc(CC(C)C)no3)cn2)C1. The molecular weight excluding hydrogens is 292 g/mol. The highest BCUT2D eigenvalue weighted by atomic mass is 16.5. The normalized spacial score (nSPS) is 18.6. The number of pyridine rings is 1. The minimum Gasteiger partial charge on any atom is -0.380 e. The number of nitrogens with zero attached hydrogens (tertiary/aromatic N) is 4. The van der Waals surface area contributed by atoms with Gasteiger partial charge in [-0.15, -0.1) is 0 Å². The fourth-order valence-corrected chi connectivity index (χ4v) is 2.86. The standard InChI is InChI=1S/C17H24N4O2/c1-12(2)9-15-19-17(23-20-15)13-6-7-16(18-10-13)21-8-4-5-14(11-21)22-3/h6-7,10,12,14H,4-5,8-9,11H2,1-3H3/t14-/m1/s1. The molecule has 0 N–H and O–H groups in total. The van der Waals surface area contributed by atoms with E-state index in [4.69, 9.17) is 9.26 Å². The monoisotopic (exact) mass is 316 g/mol. The Morgan fingerprint density at radius 3 is 2.96 bits per heavy atom. The lowest BCUT2D eigenvalue weighted by molar-refractivity contribution is 0.0891. The number of hydrogen-bond acceptors (Lipinski definition) is 6. The van der Waals surface area contributed by atoms with Crippen LogP contribution in [0.2, 0.25) is 0 Å². The van der Waals surface area contributed by atoms with E-state index >= 15 is 0 Å². The third-order valence-corrected chi connectivity index (χ3v) is 4.09. The summed E-state index contributed by atoms with van der Waals surface area (Å²) in [5, 5.41) is 4.03. The predicted octanol–water partition coefficient (Wildman–Crippen LogP) is 2.95. The Morgan fingerprint density at radius 1 is 1.39 bits per heavy atom. The molecule has 0 radical (unpaired) electrons. The molecule has 124 valence electrons. The molecule has 6 heteroatoms. The Labute approximate surface area is 136 Å². The molecule has 0 unspecified atom stereocenters. The van der Waals surface area contributed by atoms with Crippen LogP contribution in [0.3, 0.4) is 0 Å². The van der Waals surface area contributed by atoms with E-state index in [-0.39, 0.29) is 0 Å². The highest BCUT2D eigenvalue weighted by molar-refractivity contribution is 5.54. The number of anilines is 1. The molecule has 0 bridgehead atoms. The Morgan fingerprint density at radius 2 is 2.26 bits per heavy atom. The predicted molar refractivity (Wildman–Crippen MR) is 88.3 cm³/mol. The summed E-state index contributed by atoms with van der Waals surface area (Å²) in [6, 6.07) is 4.01. The van der Waals surface area contributed by atoms with Crippen LogP contribution >= 0.6 is 0 Å². The summed E-state index contributed by atoms with van der Waals surface area (Å²) in [6.07, 6.45) is 5.16. The first-order valence-corrected chi connectivity index (χ1v) is 8.22. The van der Waals surface area contributed by atoms with Crippen LogP contribution in [0, 0.1) is 5.92 Å². The quantitative estimate of drug-likeness (QED) is 0.845. The van der Waals surface area contributed by atoms with Crippen LogP contribution in [-0.2, 0) is 11.2 Å². The molecule has 6 nitrogen and oxygen atoms in total. The minimum atomic E-state index is 0.291. The summed E-state index contributed by atoms with van der Waals surface area (Å²) in [6.45, 7) is 6.18. The molecule has 23 heavy (non-hydrogen) atoms. The summed E-state index contributed by atoms with van der Waals surface area (Å²) in [7, 11) is 1.77. The van der Waals surface area contributed by atoms with Crippen LogP contribution in [-0.4, -0.2) is 41.4 Å². The first-order chi connectivity index (χ1) is 11.2. The summed E-state index contributed by atoms with van der Waals surface area (Å²) >= 11 is 0. The molecule has 1 fully saturated rings. The van der Waals surface area contributed by atoms with Crippen molar-refractivity contribution in [1.82, 2.24) is 15.1 Å². The highest BCUT2D eigenvalue weighted by Gasteiger charge is 2.20. The first kappa shape index (κ1) is 15.9. The van der Waals surface area contributed by atoms with Crippen molar-refractivity contribution in [2.75, 3.05) is 25.1 Å². The largest absolute Gasteiger partial charge is 0.380 e. The van der Waals surface area contributed by atoms with Crippen LogP contribution in [0.4, 0.5) is 5.82 Å². The minimum absolute atomic E-state index is 0.291. The smallest absolute Gasteiger partial charge is 0.259 e. The molecule has 3 heterocycles. The van der Waals surface area contributed by atoms with E-state index < -0.39 is 0 Å². The van der Waals surface area contributed by atoms with Gasteiger partial charge in [-0.25, -0.2) is 4.98 Å². The zero-order chi connectivity index (χ0) is 16.2. The van der Waals surface area contributed by atoms with Crippen LogP contribution in [0.15, 0.2) is 22.9 Å². The van der Waals surface area contributed by atoms with Gasteiger partial charge in [0.15, 0.2) is 5.82 Å². The molecule has 0 saturated carbocycles. The van der Waals surface area contributed by atoms with Gasteiger partial charge in [0, 0.05) is 32.8 Å². The topological polar surface area (TPSA) is 64.3 Å². The van der Waals surface area contributed by atoms with E-state index in [0.717, 1.165) is 49.6 Å². The zero-order valence-electron chi connectivity index (χ0n) is 14.0. The van der Waals surface area contributed by atoms with Crippen LogP contribution in [0.5, 0.6) is 0 Å². The average molecular weight is 316 g/mol. The van der Waals surface area contributed by atoms with E-state index in [2.05, 4.69) is 33.9 Å². The average Bonchev–Trinajstić information content (AvgIpc) is 3.03. The number of piperidine rings is 1. The van der Waals surface area contributed by atoms with Gasteiger partial charge in [-0.05, 0) is 30.9 Å². The molecule has 1 atom stereocenters. The van der Waals surface area contributed by atoms with Gasteiger partial charge >= 0.3 is 0 Å². The molecule has 3 rings (SSSR count). The molecule has 2 aromatic heterocycles. The molecule has 0 amide bonds. The second kappa shape index (κ2) is 7.08. The maximum atomic E-state index is 5.47. The summed E-state index contributed by atoms with van der Waals surface area (Å²) < 4.78 is 10.8. The van der Waals surface area contributed by atoms with Gasteiger partial charge in [-0.3, -0.25) is 0 Å². The van der Waals surface area contributed by atoms with Crippen molar-refractivity contribution in [1.29, 1.82) is 0 Å². The lowest BCUT2D eigenvalue weighted by atomic mass is 10.1. The van der Waals surface area contributed by atoms with Crippen molar-refractivity contribution in [3.05, 3.63) is 24.2 Å². The van der Waals surface area contributed by atoms with Gasteiger partial charge in [0.2, 0.25) is 0 Å². The highest BCUT2D eigenvalue weighted by Crippen LogP contribution is 2.23. The Bertz CT molecular complexity index is 624. The molecule has 1 saturated heterocycles. The third-order valence-electron chi connectivity index (χ3n) is 4.09. The van der Waals surface area contributed by atoms with Crippen molar-refractivity contribution in [2.45, 2.75) is 39.2 Å². The van der Waals surface area contributed by atoms with Crippen LogP contribution in [0.1, 0.15) is 32.5 Å². The summed E-state index contributed by atoms with van der Waals surface area (Å²) in [5.41, 5.74) is 0.858. The van der Waals surface area contributed by atoms with E-state index in [1.165, 1.54) is 0 Å². The molecule has 0 aliphatic carbocycles. The van der Waals surface area contributed by atoms with Gasteiger partial charge in [0.1, 0.15) is 5.82 Å². The number of rotatable bonds is 5. The van der Waals surface area contributed by atoms with Gasteiger partial charge < -0.3 is 14.2 Å². The lowest BCUT2D eigenvalue weighted by Gasteiger charge is -2.32. The third kappa shape index (κ3) is 3.88. The molecule has 2 aromatic rings. The fourth-order valence-electron chi connectivity index (χ4n) is 2.86. The van der Waals surface area contributed by atoms with Gasteiger partial charge in [0.05, 0.1) is 11.7 Å². The van der Waals surface area contributed by atoms with Crippen molar-refractivity contribution >= 4 is 5.82 Å². The van der Waals surface area contributed by atoms with Crippen molar-refractivity contribution in [2.24, 2.45) is 5.92 Å². The number of aromatic nitrogens is 3. The number of hydrogen-bond donors (Lipinski definition) is 0. The molecular formula is C17H24N4O2. The second-order valence-electron chi connectivity index (χ2n) is 6.46. The Balaban J connectivity index is 1.70. The maximum absolute atomic E-state index is 5.47. The molecule has 0 spiro atoms. The first-order valence-electron chi connectivity index (χ1n) is 8.22. The van der Waals surface area contributed by atoms with Crippen molar-refractivity contribution in [3.8, 4) is 11.5 Å². The van der Waals surface area contributed by atoms with Crippen molar-refractivity contribution in [3.63, 3.8) is 0 Å². The number of ether oxygens (including phenoxy) is 1. The summed E-state index contributed by atoms with van der Waals surface area (Å²) in [4.78, 5) is 11.3. The fraction of sp³-hybridized carbons (Fsp3) is 0.588. The Kier molecular flexibility index (Phi) is 4.91. The van der Waals surface area contributed by atoms with E-state index in [0.29, 0.717) is 17.9 Å². The van der Waals surface area contributed by atoms with Crippen LogP contribution < -0.4 is 4.90 Å².